The summed E-state index contributed by atoms with van der Waals surface area (Å²) >= 11 is 3.53. The zero-order chi connectivity index (χ0) is 22.2. The molecule has 2 amide bonds. The monoisotopic (exact) mass is 485 g/mol. The van der Waals surface area contributed by atoms with E-state index in [2.05, 4.69) is 81.4 Å². The second-order valence-corrected chi connectivity index (χ2v) is 9.12. The van der Waals surface area contributed by atoms with Crippen LogP contribution in [0.2, 0.25) is 0 Å². The molecule has 160 valence electrons. The zero-order valence-corrected chi connectivity index (χ0v) is 19.6. The van der Waals surface area contributed by atoms with E-state index in [0.29, 0.717) is 6.54 Å². The van der Waals surface area contributed by atoms with Crippen LogP contribution in [-0.4, -0.2) is 15.5 Å². The molecule has 0 saturated heterocycles. The van der Waals surface area contributed by atoms with Crippen LogP contribution in [0.3, 0.4) is 0 Å². The van der Waals surface area contributed by atoms with Gasteiger partial charge in [-0.05, 0) is 66.9 Å². The number of anilines is 1. The molecule has 4 aromatic rings. The molecule has 4 nitrogen and oxygen atoms in total. The molecule has 3 aromatic carbocycles. The Bertz CT molecular complexity index is 1290. The number of urea groups is 1. The number of halogens is 1. The summed E-state index contributed by atoms with van der Waals surface area (Å²) in [6.45, 7) is 4.61. The summed E-state index contributed by atoms with van der Waals surface area (Å²) in [6, 6.07) is 26.4. The number of amides is 2. The lowest BCUT2D eigenvalue weighted by Gasteiger charge is -2.31. The molecule has 0 radical (unpaired) electrons. The van der Waals surface area contributed by atoms with E-state index in [4.69, 9.17) is 0 Å². The second kappa shape index (κ2) is 8.32. The Morgan fingerprint density at radius 2 is 1.75 bits per heavy atom. The summed E-state index contributed by atoms with van der Waals surface area (Å²) < 4.78 is 3.23. The van der Waals surface area contributed by atoms with Gasteiger partial charge in [0.1, 0.15) is 0 Å². The number of hydrogen-bond donors (Lipinski definition) is 1. The smallest absolute Gasteiger partial charge is 0.318 e. The highest BCUT2D eigenvalue weighted by Crippen LogP contribution is 2.37. The van der Waals surface area contributed by atoms with Gasteiger partial charge in [-0.1, -0.05) is 64.0 Å². The van der Waals surface area contributed by atoms with Crippen molar-refractivity contribution in [2.45, 2.75) is 26.4 Å². The minimum atomic E-state index is -0.213. The molecule has 32 heavy (non-hydrogen) atoms. The number of nitrogens with zero attached hydrogens (tertiary/aromatic N) is 2. The van der Waals surface area contributed by atoms with E-state index >= 15 is 0 Å². The average Bonchev–Trinajstić information content (AvgIpc) is 3.21. The van der Waals surface area contributed by atoms with Gasteiger partial charge in [0.2, 0.25) is 0 Å². The second-order valence-electron chi connectivity index (χ2n) is 8.27. The Labute approximate surface area is 196 Å². The Hall–Kier alpha value is -3.31. The molecule has 0 fully saturated rings. The summed E-state index contributed by atoms with van der Waals surface area (Å²) in [5.41, 5.74) is 7.44. The first-order valence-corrected chi connectivity index (χ1v) is 11.5. The molecule has 1 atom stereocenters. The number of rotatable bonds is 2. The molecule has 1 aliphatic heterocycles. The van der Waals surface area contributed by atoms with Crippen LogP contribution < -0.4 is 5.32 Å². The lowest BCUT2D eigenvalue weighted by Crippen LogP contribution is -2.37. The van der Waals surface area contributed by atoms with Gasteiger partial charge in [0.25, 0.3) is 0 Å². The van der Waals surface area contributed by atoms with Crippen LogP contribution in [0.1, 0.15) is 34.0 Å². The summed E-state index contributed by atoms with van der Waals surface area (Å²) in [7, 11) is 0. The van der Waals surface area contributed by atoms with Gasteiger partial charge in [-0.15, -0.1) is 0 Å². The van der Waals surface area contributed by atoms with Crippen molar-refractivity contribution < 1.29 is 4.79 Å². The number of hydrogen-bond acceptors (Lipinski definition) is 1. The normalized spacial score (nSPS) is 15.0. The first-order valence-electron chi connectivity index (χ1n) is 10.7. The summed E-state index contributed by atoms with van der Waals surface area (Å²) in [5.74, 6) is 0. The molecule has 0 spiro atoms. The quantitative estimate of drug-likeness (QED) is 0.326. The highest BCUT2D eigenvalue weighted by Gasteiger charge is 2.33. The van der Waals surface area contributed by atoms with E-state index < -0.39 is 0 Å². The van der Waals surface area contributed by atoms with Crippen molar-refractivity contribution in [3.8, 4) is 5.69 Å². The third-order valence-electron chi connectivity index (χ3n) is 6.03. The number of fused-ring (bicyclic) bond motifs is 3. The average molecular weight is 486 g/mol. The van der Waals surface area contributed by atoms with E-state index in [1.54, 1.807) is 0 Å². The number of para-hydroxylation sites is 1. The molecule has 2 heterocycles. The predicted molar refractivity (Wildman–Crippen MR) is 132 cm³/mol. The predicted octanol–water partition coefficient (Wildman–Crippen LogP) is 6.99. The number of nitrogens with one attached hydrogen (secondary N) is 1. The minimum absolute atomic E-state index is 0.123. The number of carbonyl (C=O) groups excluding carboxylic acids is 1. The van der Waals surface area contributed by atoms with Crippen molar-refractivity contribution in [1.82, 2.24) is 9.47 Å². The van der Waals surface area contributed by atoms with Crippen molar-refractivity contribution in [3.05, 3.63) is 117 Å². The molecule has 0 unspecified atom stereocenters. The van der Waals surface area contributed by atoms with Gasteiger partial charge in [0, 0.05) is 22.1 Å². The van der Waals surface area contributed by atoms with Crippen LogP contribution in [-0.2, 0) is 6.54 Å². The first kappa shape index (κ1) is 20.6. The van der Waals surface area contributed by atoms with Crippen LogP contribution in [0.25, 0.3) is 5.69 Å². The van der Waals surface area contributed by atoms with Crippen molar-refractivity contribution in [2.75, 3.05) is 5.32 Å². The number of benzene rings is 3. The van der Waals surface area contributed by atoms with E-state index in [0.717, 1.165) is 38.2 Å². The van der Waals surface area contributed by atoms with Gasteiger partial charge < -0.3 is 14.8 Å². The molecular weight excluding hydrogens is 462 g/mol. The largest absolute Gasteiger partial charge is 0.322 e. The maximum Gasteiger partial charge on any atom is 0.322 e. The molecular formula is C27H24BrN3O. The van der Waals surface area contributed by atoms with Crippen LogP contribution in [0.4, 0.5) is 10.5 Å². The third kappa shape index (κ3) is 3.73. The van der Waals surface area contributed by atoms with E-state index in [1.807, 2.05) is 48.2 Å². The van der Waals surface area contributed by atoms with E-state index in [1.165, 1.54) is 5.56 Å². The Morgan fingerprint density at radius 3 is 2.53 bits per heavy atom. The minimum Gasteiger partial charge on any atom is -0.318 e. The molecule has 0 saturated carbocycles. The van der Waals surface area contributed by atoms with E-state index in [-0.39, 0.29) is 12.1 Å². The van der Waals surface area contributed by atoms with Crippen molar-refractivity contribution in [2.24, 2.45) is 0 Å². The molecule has 1 N–H and O–H groups in total. The van der Waals surface area contributed by atoms with Crippen molar-refractivity contribution in [1.29, 1.82) is 0 Å². The fourth-order valence-corrected chi connectivity index (χ4v) is 4.60. The molecule has 1 aliphatic rings. The topological polar surface area (TPSA) is 37.3 Å². The van der Waals surface area contributed by atoms with Gasteiger partial charge in [0.05, 0.1) is 18.3 Å². The van der Waals surface area contributed by atoms with Gasteiger partial charge in [-0.3, -0.25) is 0 Å². The fraction of sp³-hybridized carbons (Fsp3) is 0.148. The van der Waals surface area contributed by atoms with Crippen LogP contribution >= 0.6 is 15.9 Å². The molecule has 1 aromatic heterocycles. The summed E-state index contributed by atoms with van der Waals surface area (Å²) in [6.07, 6.45) is 2.08. The Balaban J connectivity index is 1.61. The maximum atomic E-state index is 13.7. The molecule has 0 aliphatic carbocycles. The highest BCUT2D eigenvalue weighted by atomic mass is 79.9. The lowest BCUT2D eigenvalue weighted by atomic mass is 10.0. The van der Waals surface area contributed by atoms with Crippen LogP contribution in [0.15, 0.2) is 89.5 Å². The van der Waals surface area contributed by atoms with Crippen molar-refractivity contribution >= 4 is 27.6 Å². The third-order valence-corrected chi connectivity index (χ3v) is 6.92. The first-order chi connectivity index (χ1) is 15.5. The Kier molecular flexibility index (Phi) is 5.35. The standard InChI is InChI=1S/C27H24BrN3O/c1-18-9-11-20(12-10-18)26-25-8-5-15-30(25)24-7-4-3-6-21(24)17-31(26)27(32)29-22-13-14-23(28)19(2)16-22/h3-16,26H,17H2,1-2H3,(H,29,32)/t26-/m0/s1. The molecule has 0 bridgehead atoms. The van der Waals surface area contributed by atoms with E-state index in [9.17, 15) is 4.79 Å². The lowest BCUT2D eigenvalue weighted by molar-refractivity contribution is 0.194. The van der Waals surface area contributed by atoms with Crippen molar-refractivity contribution in [3.63, 3.8) is 0 Å². The number of aromatic nitrogens is 1. The molecule has 5 heteroatoms. The number of aryl methyl sites for hydroxylation is 2. The zero-order valence-electron chi connectivity index (χ0n) is 18.0. The maximum absolute atomic E-state index is 13.7. The Morgan fingerprint density at radius 1 is 0.969 bits per heavy atom. The van der Waals surface area contributed by atoms with Gasteiger partial charge in [0.15, 0.2) is 0 Å². The van der Waals surface area contributed by atoms with Crippen LogP contribution in [0, 0.1) is 13.8 Å². The number of carbonyl (C=O) groups is 1. The van der Waals surface area contributed by atoms with Gasteiger partial charge >= 0.3 is 6.03 Å². The fourth-order valence-electron chi connectivity index (χ4n) is 4.36. The summed E-state index contributed by atoms with van der Waals surface area (Å²) in [4.78, 5) is 15.6. The molecule has 5 rings (SSSR count). The van der Waals surface area contributed by atoms with Gasteiger partial charge in [-0.25, -0.2) is 4.79 Å². The highest BCUT2D eigenvalue weighted by molar-refractivity contribution is 9.10. The SMILES string of the molecule is Cc1ccc([C@H]2c3cccn3-c3ccccc3CN2C(=O)Nc2ccc(Br)c(C)c2)cc1. The van der Waals surface area contributed by atoms with Crippen LogP contribution in [0.5, 0.6) is 0 Å². The summed E-state index contributed by atoms with van der Waals surface area (Å²) in [5, 5.41) is 3.13. The van der Waals surface area contributed by atoms with Gasteiger partial charge in [-0.2, -0.15) is 0 Å².